The summed E-state index contributed by atoms with van der Waals surface area (Å²) in [6.07, 6.45) is 1.07. The van der Waals surface area contributed by atoms with E-state index < -0.39 is 0 Å². The van der Waals surface area contributed by atoms with E-state index in [1.807, 2.05) is 0 Å². The summed E-state index contributed by atoms with van der Waals surface area (Å²) in [7, 11) is 0. The molecule has 0 atom stereocenters. The average Bonchev–Trinajstić information content (AvgIpc) is 2.64. The van der Waals surface area contributed by atoms with Crippen molar-refractivity contribution in [1.29, 1.82) is 0 Å². The van der Waals surface area contributed by atoms with Crippen LogP contribution in [0.25, 0.3) is 0 Å². The second-order valence-electron chi connectivity index (χ2n) is 5.56. The van der Waals surface area contributed by atoms with Crippen LogP contribution in [0.4, 0.5) is 0 Å². The summed E-state index contributed by atoms with van der Waals surface area (Å²) in [6.45, 7) is 16.1. The summed E-state index contributed by atoms with van der Waals surface area (Å²) in [5, 5.41) is 11.5. The van der Waals surface area contributed by atoms with Crippen LogP contribution in [0.2, 0.25) is 0 Å². The number of nitrogens with zero attached hydrogens (tertiary/aromatic N) is 2. The molecule has 1 heterocycles. The Kier molecular flexibility index (Phi) is 7.10. The quantitative estimate of drug-likeness (QED) is 0.671. The highest BCUT2D eigenvalue weighted by atomic mass is 15.3. The molecule has 4 heteroatoms. The van der Waals surface area contributed by atoms with Gasteiger partial charge in [-0.2, -0.15) is 5.10 Å². The fourth-order valence-electron chi connectivity index (χ4n) is 2.31. The number of nitrogens with one attached hydrogen (secondary N) is 2. The van der Waals surface area contributed by atoms with Crippen molar-refractivity contribution in [3.05, 3.63) is 17.0 Å². The van der Waals surface area contributed by atoms with Crippen molar-refractivity contribution in [2.45, 2.75) is 47.6 Å². The zero-order valence-corrected chi connectivity index (χ0v) is 13.2. The maximum absolute atomic E-state index is 4.55. The number of hydrogen-bond donors (Lipinski definition) is 2. The first kappa shape index (κ1) is 16.2. The SMILES string of the molecule is CCn1nc(C)c(CCNCCNCC(C)C)c1C. The topological polar surface area (TPSA) is 41.9 Å². The van der Waals surface area contributed by atoms with Crippen molar-refractivity contribution in [2.24, 2.45) is 5.92 Å². The first-order valence-corrected chi connectivity index (χ1v) is 7.50. The van der Waals surface area contributed by atoms with Gasteiger partial charge in [-0.05, 0) is 51.8 Å². The summed E-state index contributed by atoms with van der Waals surface area (Å²) in [6, 6.07) is 0. The number of hydrogen-bond acceptors (Lipinski definition) is 3. The predicted octanol–water partition coefficient (Wildman–Crippen LogP) is 1.90. The molecule has 0 bridgehead atoms. The van der Waals surface area contributed by atoms with Crippen molar-refractivity contribution >= 4 is 0 Å². The minimum atomic E-state index is 0.727. The molecule has 0 saturated carbocycles. The lowest BCUT2D eigenvalue weighted by Crippen LogP contribution is -2.30. The van der Waals surface area contributed by atoms with E-state index in [1.165, 1.54) is 17.0 Å². The summed E-state index contributed by atoms with van der Waals surface area (Å²) in [5.74, 6) is 0.727. The van der Waals surface area contributed by atoms with Gasteiger partial charge in [0.1, 0.15) is 0 Å². The van der Waals surface area contributed by atoms with Gasteiger partial charge >= 0.3 is 0 Å². The molecule has 0 aromatic carbocycles. The Morgan fingerprint density at radius 1 is 1.11 bits per heavy atom. The lowest BCUT2D eigenvalue weighted by Gasteiger charge is -2.08. The summed E-state index contributed by atoms with van der Waals surface area (Å²) < 4.78 is 2.09. The van der Waals surface area contributed by atoms with Gasteiger partial charge in [0.25, 0.3) is 0 Å². The molecule has 0 saturated heterocycles. The third kappa shape index (κ3) is 5.33. The summed E-state index contributed by atoms with van der Waals surface area (Å²) in [4.78, 5) is 0. The van der Waals surface area contributed by atoms with Gasteiger partial charge in [0.05, 0.1) is 5.69 Å². The molecule has 1 rings (SSSR count). The first-order chi connectivity index (χ1) is 9.06. The van der Waals surface area contributed by atoms with Crippen molar-refractivity contribution in [3.63, 3.8) is 0 Å². The maximum atomic E-state index is 4.55. The van der Waals surface area contributed by atoms with E-state index in [1.54, 1.807) is 0 Å². The molecular formula is C15H30N4. The van der Waals surface area contributed by atoms with E-state index >= 15 is 0 Å². The van der Waals surface area contributed by atoms with Crippen LogP contribution >= 0.6 is 0 Å². The number of aryl methyl sites for hydroxylation is 2. The van der Waals surface area contributed by atoms with Crippen molar-refractivity contribution < 1.29 is 0 Å². The lowest BCUT2D eigenvalue weighted by molar-refractivity contribution is 0.536. The first-order valence-electron chi connectivity index (χ1n) is 7.50. The molecule has 2 N–H and O–H groups in total. The number of aromatic nitrogens is 2. The smallest absolute Gasteiger partial charge is 0.0628 e. The zero-order valence-electron chi connectivity index (χ0n) is 13.2. The molecule has 0 amide bonds. The molecule has 0 aliphatic rings. The standard InChI is InChI=1S/C15H30N4/c1-6-19-14(5)15(13(4)18-19)7-8-16-9-10-17-11-12(2)3/h12,16-17H,6-11H2,1-5H3. The van der Waals surface area contributed by atoms with Gasteiger partial charge < -0.3 is 10.6 Å². The van der Waals surface area contributed by atoms with Crippen LogP contribution in [0.3, 0.4) is 0 Å². The molecule has 110 valence electrons. The Hall–Kier alpha value is -0.870. The van der Waals surface area contributed by atoms with Crippen LogP contribution in [-0.4, -0.2) is 36.0 Å². The largest absolute Gasteiger partial charge is 0.315 e. The monoisotopic (exact) mass is 266 g/mol. The van der Waals surface area contributed by atoms with Gasteiger partial charge in [-0.15, -0.1) is 0 Å². The Bertz CT molecular complexity index is 368. The van der Waals surface area contributed by atoms with Gasteiger partial charge in [0, 0.05) is 25.3 Å². The molecule has 0 aliphatic heterocycles. The predicted molar refractivity (Wildman–Crippen MR) is 81.7 cm³/mol. The summed E-state index contributed by atoms with van der Waals surface area (Å²) in [5.41, 5.74) is 3.91. The summed E-state index contributed by atoms with van der Waals surface area (Å²) >= 11 is 0. The minimum Gasteiger partial charge on any atom is -0.315 e. The Labute approximate surface area is 118 Å². The van der Waals surface area contributed by atoms with Crippen molar-refractivity contribution in [3.8, 4) is 0 Å². The molecule has 1 aromatic rings. The van der Waals surface area contributed by atoms with Crippen LogP contribution in [0.1, 0.15) is 37.7 Å². The van der Waals surface area contributed by atoms with E-state index in [9.17, 15) is 0 Å². The average molecular weight is 266 g/mol. The highest BCUT2D eigenvalue weighted by Gasteiger charge is 2.09. The highest BCUT2D eigenvalue weighted by Crippen LogP contribution is 2.12. The minimum absolute atomic E-state index is 0.727. The molecule has 4 nitrogen and oxygen atoms in total. The van der Waals surface area contributed by atoms with E-state index in [0.717, 1.165) is 45.1 Å². The van der Waals surface area contributed by atoms with E-state index in [-0.39, 0.29) is 0 Å². The second-order valence-corrected chi connectivity index (χ2v) is 5.56. The maximum Gasteiger partial charge on any atom is 0.0628 e. The molecule has 19 heavy (non-hydrogen) atoms. The Morgan fingerprint density at radius 3 is 2.37 bits per heavy atom. The molecule has 1 aromatic heterocycles. The van der Waals surface area contributed by atoms with Crippen molar-refractivity contribution in [2.75, 3.05) is 26.2 Å². The zero-order chi connectivity index (χ0) is 14.3. The van der Waals surface area contributed by atoms with Crippen LogP contribution in [0.5, 0.6) is 0 Å². The highest BCUT2D eigenvalue weighted by molar-refractivity contribution is 5.24. The van der Waals surface area contributed by atoms with Gasteiger partial charge in [-0.1, -0.05) is 13.8 Å². The van der Waals surface area contributed by atoms with Crippen LogP contribution < -0.4 is 10.6 Å². The van der Waals surface area contributed by atoms with Gasteiger partial charge in [-0.3, -0.25) is 4.68 Å². The molecule has 0 spiro atoms. The lowest BCUT2D eigenvalue weighted by atomic mass is 10.1. The van der Waals surface area contributed by atoms with Crippen LogP contribution in [0.15, 0.2) is 0 Å². The van der Waals surface area contributed by atoms with Gasteiger partial charge in [0.2, 0.25) is 0 Å². The van der Waals surface area contributed by atoms with Gasteiger partial charge in [-0.25, -0.2) is 0 Å². The third-order valence-corrected chi connectivity index (χ3v) is 3.41. The molecule has 0 unspecified atom stereocenters. The number of rotatable bonds is 9. The van der Waals surface area contributed by atoms with Crippen LogP contribution in [0, 0.1) is 19.8 Å². The molecule has 0 aliphatic carbocycles. The Morgan fingerprint density at radius 2 is 1.79 bits per heavy atom. The second kappa shape index (κ2) is 8.33. The van der Waals surface area contributed by atoms with E-state index in [0.29, 0.717) is 0 Å². The van der Waals surface area contributed by atoms with Gasteiger partial charge in [0.15, 0.2) is 0 Å². The molecule has 0 radical (unpaired) electrons. The van der Waals surface area contributed by atoms with E-state index in [4.69, 9.17) is 0 Å². The fourth-order valence-corrected chi connectivity index (χ4v) is 2.31. The molecule has 0 fully saturated rings. The van der Waals surface area contributed by atoms with Crippen LogP contribution in [-0.2, 0) is 13.0 Å². The normalized spacial score (nSPS) is 11.5. The van der Waals surface area contributed by atoms with Crippen molar-refractivity contribution in [1.82, 2.24) is 20.4 Å². The fraction of sp³-hybridized carbons (Fsp3) is 0.800. The molecular weight excluding hydrogens is 236 g/mol. The Balaban J connectivity index is 2.21. The third-order valence-electron chi connectivity index (χ3n) is 3.41. The van der Waals surface area contributed by atoms with E-state index in [2.05, 4.69) is 55.0 Å².